The second-order valence-electron chi connectivity index (χ2n) is 5.17. The molecule has 0 atom stereocenters. The molecule has 0 aliphatic rings. The third-order valence-electron chi connectivity index (χ3n) is 2.96. The second-order valence-corrected chi connectivity index (χ2v) is 5.17. The molecule has 0 heterocycles. The van der Waals surface area contributed by atoms with E-state index in [9.17, 15) is 5.11 Å². The van der Waals surface area contributed by atoms with Gasteiger partial charge in [0.15, 0.2) is 11.5 Å². The second kappa shape index (κ2) is 9.61. The first-order chi connectivity index (χ1) is 9.65. The Hall–Kier alpha value is -1.26. The van der Waals surface area contributed by atoms with E-state index in [-0.39, 0.29) is 5.75 Å². The first kappa shape index (κ1) is 16.8. The Morgan fingerprint density at radius 1 is 1.25 bits per heavy atom. The molecule has 1 aromatic rings. The third-order valence-corrected chi connectivity index (χ3v) is 2.96. The van der Waals surface area contributed by atoms with Crippen LogP contribution in [0.2, 0.25) is 0 Å². The number of rotatable bonds is 10. The summed E-state index contributed by atoms with van der Waals surface area (Å²) < 4.78 is 10.9. The van der Waals surface area contributed by atoms with Gasteiger partial charge in [0.25, 0.3) is 0 Å². The molecule has 1 aromatic carbocycles. The van der Waals surface area contributed by atoms with Crippen molar-refractivity contribution in [3.8, 4) is 11.5 Å². The van der Waals surface area contributed by atoms with Gasteiger partial charge in [-0.2, -0.15) is 0 Å². The van der Waals surface area contributed by atoms with Crippen molar-refractivity contribution in [1.82, 2.24) is 5.32 Å². The molecule has 0 bridgehead atoms. The molecule has 0 fully saturated rings. The maximum Gasteiger partial charge on any atom is 0.162 e. The SMILES string of the molecule is CCOc1cccc(CNCCOCCC(C)C)c1O. The lowest BCUT2D eigenvalue weighted by molar-refractivity contribution is 0.125. The van der Waals surface area contributed by atoms with Gasteiger partial charge in [-0.15, -0.1) is 0 Å². The fourth-order valence-electron chi connectivity index (χ4n) is 1.77. The van der Waals surface area contributed by atoms with Crippen LogP contribution in [0.1, 0.15) is 32.8 Å². The number of aromatic hydroxyl groups is 1. The smallest absolute Gasteiger partial charge is 0.162 e. The molecule has 0 spiro atoms. The van der Waals surface area contributed by atoms with Gasteiger partial charge < -0.3 is 19.9 Å². The minimum atomic E-state index is 0.225. The molecule has 1 rings (SSSR count). The molecule has 0 amide bonds. The van der Waals surface area contributed by atoms with Gasteiger partial charge in [-0.1, -0.05) is 26.0 Å². The molecule has 20 heavy (non-hydrogen) atoms. The van der Waals surface area contributed by atoms with Crippen LogP contribution in [0.5, 0.6) is 11.5 Å². The van der Waals surface area contributed by atoms with Crippen molar-refractivity contribution < 1.29 is 14.6 Å². The third kappa shape index (κ3) is 6.26. The van der Waals surface area contributed by atoms with Crippen LogP contribution in [0.3, 0.4) is 0 Å². The van der Waals surface area contributed by atoms with Crippen molar-refractivity contribution in [2.75, 3.05) is 26.4 Å². The van der Waals surface area contributed by atoms with Gasteiger partial charge in [-0.05, 0) is 25.3 Å². The summed E-state index contributed by atoms with van der Waals surface area (Å²) >= 11 is 0. The van der Waals surface area contributed by atoms with Crippen molar-refractivity contribution in [3.05, 3.63) is 23.8 Å². The number of phenols is 1. The maximum atomic E-state index is 10.0. The number of nitrogens with one attached hydrogen (secondary N) is 1. The van der Waals surface area contributed by atoms with Crippen LogP contribution in [-0.4, -0.2) is 31.5 Å². The van der Waals surface area contributed by atoms with Gasteiger partial charge in [0.1, 0.15) is 0 Å². The average Bonchev–Trinajstić information content (AvgIpc) is 2.41. The van der Waals surface area contributed by atoms with Crippen molar-refractivity contribution in [3.63, 3.8) is 0 Å². The van der Waals surface area contributed by atoms with Gasteiger partial charge in [0.2, 0.25) is 0 Å². The number of phenolic OH excluding ortho intramolecular Hbond substituents is 1. The monoisotopic (exact) mass is 281 g/mol. The Bertz CT molecular complexity index is 380. The van der Waals surface area contributed by atoms with Crippen molar-refractivity contribution >= 4 is 0 Å². The highest BCUT2D eigenvalue weighted by molar-refractivity contribution is 5.45. The van der Waals surface area contributed by atoms with Gasteiger partial charge in [0.05, 0.1) is 13.2 Å². The van der Waals surface area contributed by atoms with E-state index in [0.29, 0.717) is 31.4 Å². The Kier molecular flexibility index (Phi) is 8.07. The molecule has 0 aromatic heterocycles. The summed E-state index contributed by atoms with van der Waals surface area (Å²) in [6.07, 6.45) is 1.09. The van der Waals surface area contributed by atoms with Crippen LogP contribution in [0.25, 0.3) is 0 Å². The van der Waals surface area contributed by atoms with Gasteiger partial charge >= 0.3 is 0 Å². The normalized spacial score (nSPS) is 11.0. The molecular formula is C16H27NO3. The highest BCUT2D eigenvalue weighted by atomic mass is 16.5. The topological polar surface area (TPSA) is 50.7 Å². The lowest BCUT2D eigenvalue weighted by Crippen LogP contribution is -2.19. The molecule has 0 aliphatic heterocycles. The molecule has 0 aliphatic carbocycles. The molecular weight excluding hydrogens is 254 g/mol. The number of para-hydroxylation sites is 1. The van der Waals surface area contributed by atoms with E-state index in [1.807, 2.05) is 19.1 Å². The van der Waals surface area contributed by atoms with E-state index in [4.69, 9.17) is 9.47 Å². The quantitative estimate of drug-likeness (QED) is 0.647. The lowest BCUT2D eigenvalue weighted by atomic mass is 10.1. The van der Waals surface area contributed by atoms with Crippen molar-refractivity contribution in [2.45, 2.75) is 33.7 Å². The summed E-state index contributed by atoms with van der Waals surface area (Å²) in [4.78, 5) is 0. The van der Waals surface area contributed by atoms with Crippen LogP contribution in [0, 0.1) is 5.92 Å². The fourth-order valence-corrected chi connectivity index (χ4v) is 1.77. The van der Waals surface area contributed by atoms with E-state index >= 15 is 0 Å². The van der Waals surface area contributed by atoms with E-state index < -0.39 is 0 Å². The molecule has 0 saturated carbocycles. The van der Waals surface area contributed by atoms with Gasteiger partial charge in [-0.25, -0.2) is 0 Å². The Morgan fingerprint density at radius 2 is 2.05 bits per heavy atom. The molecule has 0 unspecified atom stereocenters. The number of ether oxygens (including phenoxy) is 2. The first-order valence-electron chi connectivity index (χ1n) is 7.37. The number of hydrogen-bond donors (Lipinski definition) is 2. The zero-order valence-electron chi connectivity index (χ0n) is 12.8. The standard InChI is InChI=1S/C16H27NO3/c1-4-20-15-7-5-6-14(16(15)18)12-17-9-11-19-10-8-13(2)3/h5-7,13,17-18H,4,8-12H2,1-3H3. The summed E-state index contributed by atoms with van der Waals surface area (Å²) in [5.41, 5.74) is 0.845. The summed E-state index contributed by atoms with van der Waals surface area (Å²) in [5.74, 6) is 1.45. The summed E-state index contributed by atoms with van der Waals surface area (Å²) in [6, 6.07) is 5.56. The summed E-state index contributed by atoms with van der Waals surface area (Å²) in [5, 5.41) is 13.3. The lowest BCUT2D eigenvalue weighted by Gasteiger charge is -2.11. The highest BCUT2D eigenvalue weighted by Crippen LogP contribution is 2.29. The van der Waals surface area contributed by atoms with Crippen LogP contribution in [0.4, 0.5) is 0 Å². The van der Waals surface area contributed by atoms with Crippen LogP contribution in [0.15, 0.2) is 18.2 Å². The van der Waals surface area contributed by atoms with Crippen molar-refractivity contribution in [2.24, 2.45) is 5.92 Å². The van der Waals surface area contributed by atoms with E-state index in [2.05, 4.69) is 19.2 Å². The predicted molar refractivity (Wildman–Crippen MR) is 81.3 cm³/mol. The average molecular weight is 281 g/mol. The molecule has 0 radical (unpaired) electrons. The molecule has 2 N–H and O–H groups in total. The van der Waals surface area contributed by atoms with E-state index in [1.54, 1.807) is 6.07 Å². The number of hydrogen-bond acceptors (Lipinski definition) is 4. The molecule has 4 nitrogen and oxygen atoms in total. The Balaban J connectivity index is 2.23. The molecule has 0 saturated heterocycles. The van der Waals surface area contributed by atoms with Crippen LogP contribution in [-0.2, 0) is 11.3 Å². The zero-order chi connectivity index (χ0) is 14.8. The first-order valence-corrected chi connectivity index (χ1v) is 7.37. The summed E-state index contributed by atoms with van der Waals surface area (Å²) in [6.45, 7) is 9.72. The highest BCUT2D eigenvalue weighted by Gasteiger charge is 2.06. The van der Waals surface area contributed by atoms with Crippen LogP contribution < -0.4 is 10.1 Å². The largest absolute Gasteiger partial charge is 0.504 e. The van der Waals surface area contributed by atoms with Crippen molar-refractivity contribution in [1.29, 1.82) is 0 Å². The molecule has 4 heteroatoms. The fraction of sp³-hybridized carbons (Fsp3) is 0.625. The van der Waals surface area contributed by atoms with E-state index in [0.717, 1.165) is 25.1 Å². The Morgan fingerprint density at radius 3 is 2.75 bits per heavy atom. The molecule has 114 valence electrons. The van der Waals surface area contributed by atoms with Crippen LogP contribution >= 0.6 is 0 Å². The minimum Gasteiger partial charge on any atom is -0.504 e. The summed E-state index contributed by atoms with van der Waals surface area (Å²) in [7, 11) is 0. The number of benzene rings is 1. The van der Waals surface area contributed by atoms with Gasteiger partial charge in [-0.3, -0.25) is 0 Å². The maximum absolute atomic E-state index is 10.0. The Labute approximate surface area is 122 Å². The van der Waals surface area contributed by atoms with Gasteiger partial charge in [0, 0.05) is 25.3 Å². The zero-order valence-corrected chi connectivity index (χ0v) is 12.8. The predicted octanol–water partition coefficient (Wildman–Crippen LogP) is 2.94. The minimum absolute atomic E-state index is 0.225. The van der Waals surface area contributed by atoms with E-state index in [1.165, 1.54) is 0 Å².